The van der Waals surface area contributed by atoms with Crippen molar-refractivity contribution < 1.29 is 14.7 Å². The SMILES string of the molecule is CCNC(=O)CCCCCCCCCCCCCCCCCC(=O)O. The van der Waals surface area contributed by atoms with Crippen molar-refractivity contribution in [1.82, 2.24) is 5.32 Å². The van der Waals surface area contributed by atoms with Crippen LogP contribution in [0.2, 0.25) is 0 Å². The van der Waals surface area contributed by atoms with Gasteiger partial charge in [0.2, 0.25) is 5.91 Å². The molecular weight excluding hydrogens is 314 g/mol. The van der Waals surface area contributed by atoms with Crippen LogP contribution in [0.25, 0.3) is 0 Å². The number of amides is 1. The molecular formula is C21H41NO3. The molecule has 0 saturated carbocycles. The molecule has 0 aromatic heterocycles. The van der Waals surface area contributed by atoms with E-state index in [9.17, 15) is 9.59 Å². The summed E-state index contributed by atoms with van der Waals surface area (Å²) >= 11 is 0. The lowest BCUT2D eigenvalue weighted by atomic mass is 10.0. The third-order valence-corrected chi connectivity index (χ3v) is 4.67. The molecule has 4 heteroatoms. The highest BCUT2D eigenvalue weighted by Crippen LogP contribution is 2.14. The van der Waals surface area contributed by atoms with Crippen LogP contribution in [-0.2, 0) is 9.59 Å². The topological polar surface area (TPSA) is 66.4 Å². The summed E-state index contributed by atoms with van der Waals surface area (Å²) in [5, 5.41) is 11.4. The Hall–Kier alpha value is -1.06. The van der Waals surface area contributed by atoms with Crippen LogP contribution in [0, 0.1) is 0 Å². The van der Waals surface area contributed by atoms with E-state index in [1.807, 2.05) is 6.92 Å². The first-order valence-corrected chi connectivity index (χ1v) is 10.6. The Balaban J connectivity index is 3.05. The smallest absolute Gasteiger partial charge is 0.303 e. The molecule has 0 aliphatic rings. The molecule has 2 N–H and O–H groups in total. The van der Waals surface area contributed by atoms with Crippen LogP contribution < -0.4 is 5.32 Å². The molecule has 0 radical (unpaired) electrons. The Morgan fingerprint density at radius 3 is 1.24 bits per heavy atom. The molecule has 0 fully saturated rings. The van der Waals surface area contributed by atoms with Gasteiger partial charge >= 0.3 is 5.97 Å². The monoisotopic (exact) mass is 355 g/mol. The number of unbranched alkanes of at least 4 members (excludes halogenated alkanes) is 14. The lowest BCUT2D eigenvalue weighted by molar-refractivity contribution is -0.137. The minimum absolute atomic E-state index is 0.197. The molecule has 0 aliphatic carbocycles. The Morgan fingerprint density at radius 1 is 0.600 bits per heavy atom. The maximum atomic E-state index is 11.3. The summed E-state index contributed by atoms with van der Waals surface area (Å²) < 4.78 is 0. The highest BCUT2D eigenvalue weighted by atomic mass is 16.4. The fourth-order valence-electron chi connectivity index (χ4n) is 3.15. The van der Waals surface area contributed by atoms with Gasteiger partial charge in [-0.15, -0.1) is 0 Å². The number of carboxylic acids is 1. The van der Waals surface area contributed by atoms with Gasteiger partial charge in [0.25, 0.3) is 0 Å². The maximum Gasteiger partial charge on any atom is 0.303 e. The fraction of sp³-hybridized carbons (Fsp3) is 0.905. The fourth-order valence-corrected chi connectivity index (χ4v) is 3.15. The molecule has 148 valence electrons. The van der Waals surface area contributed by atoms with E-state index < -0.39 is 5.97 Å². The predicted molar refractivity (Wildman–Crippen MR) is 105 cm³/mol. The number of nitrogens with one attached hydrogen (secondary N) is 1. The van der Waals surface area contributed by atoms with E-state index >= 15 is 0 Å². The number of hydrogen-bond donors (Lipinski definition) is 2. The standard InChI is InChI=1S/C21H41NO3/c1-2-22-20(23)18-16-14-12-10-8-6-4-3-5-7-9-11-13-15-17-19-21(24)25/h2-19H2,1H3,(H,22,23)(H,24,25). The summed E-state index contributed by atoms with van der Waals surface area (Å²) in [7, 11) is 0. The first kappa shape index (κ1) is 23.9. The second-order valence-corrected chi connectivity index (χ2v) is 7.15. The minimum atomic E-state index is -0.667. The zero-order chi connectivity index (χ0) is 18.6. The summed E-state index contributed by atoms with van der Waals surface area (Å²) in [6, 6.07) is 0. The van der Waals surface area contributed by atoms with Gasteiger partial charge in [0.05, 0.1) is 0 Å². The Kier molecular flexibility index (Phi) is 18.5. The molecule has 0 unspecified atom stereocenters. The lowest BCUT2D eigenvalue weighted by Crippen LogP contribution is -2.21. The average Bonchev–Trinajstić information content (AvgIpc) is 2.57. The molecule has 0 spiro atoms. The molecule has 0 aromatic rings. The number of carboxylic acid groups (broad SMARTS) is 1. The number of hydrogen-bond acceptors (Lipinski definition) is 2. The highest BCUT2D eigenvalue weighted by Gasteiger charge is 1.99. The molecule has 25 heavy (non-hydrogen) atoms. The molecule has 0 aromatic carbocycles. The van der Waals surface area contributed by atoms with E-state index in [2.05, 4.69) is 5.32 Å². The molecule has 0 bridgehead atoms. The van der Waals surface area contributed by atoms with Crippen LogP contribution >= 0.6 is 0 Å². The van der Waals surface area contributed by atoms with Gasteiger partial charge in [0, 0.05) is 19.4 Å². The average molecular weight is 356 g/mol. The third-order valence-electron chi connectivity index (χ3n) is 4.67. The van der Waals surface area contributed by atoms with Crippen molar-refractivity contribution in [3.63, 3.8) is 0 Å². The van der Waals surface area contributed by atoms with Gasteiger partial charge in [-0.05, 0) is 19.8 Å². The van der Waals surface area contributed by atoms with Crippen molar-refractivity contribution >= 4 is 11.9 Å². The first-order valence-electron chi connectivity index (χ1n) is 10.6. The van der Waals surface area contributed by atoms with Crippen molar-refractivity contribution in [3.05, 3.63) is 0 Å². The van der Waals surface area contributed by atoms with Crippen molar-refractivity contribution in [1.29, 1.82) is 0 Å². The molecule has 4 nitrogen and oxygen atoms in total. The summed E-state index contributed by atoms with van der Waals surface area (Å²) in [6.07, 6.45) is 19.5. The first-order chi connectivity index (χ1) is 12.2. The van der Waals surface area contributed by atoms with E-state index in [1.54, 1.807) is 0 Å². The number of carbonyl (C=O) groups excluding carboxylic acids is 1. The second-order valence-electron chi connectivity index (χ2n) is 7.15. The summed E-state index contributed by atoms with van der Waals surface area (Å²) in [4.78, 5) is 21.7. The van der Waals surface area contributed by atoms with Crippen LogP contribution in [0.15, 0.2) is 0 Å². The summed E-state index contributed by atoms with van der Waals surface area (Å²) in [6.45, 7) is 2.70. The van der Waals surface area contributed by atoms with Gasteiger partial charge in [-0.2, -0.15) is 0 Å². The van der Waals surface area contributed by atoms with Gasteiger partial charge in [-0.25, -0.2) is 0 Å². The zero-order valence-electron chi connectivity index (χ0n) is 16.5. The van der Waals surface area contributed by atoms with Crippen LogP contribution in [0.5, 0.6) is 0 Å². The van der Waals surface area contributed by atoms with Gasteiger partial charge in [-0.3, -0.25) is 9.59 Å². The summed E-state index contributed by atoms with van der Waals surface area (Å²) in [5.41, 5.74) is 0. The van der Waals surface area contributed by atoms with E-state index in [0.717, 1.165) is 25.8 Å². The molecule has 1 amide bonds. The molecule has 0 rings (SSSR count). The van der Waals surface area contributed by atoms with Gasteiger partial charge < -0.3 is 10.4 Å². The zero-order valence-corrected chi connectivity index (χ0v) is 16.5. The Morgan fingerprint density at radius 2 is 0.920 bits per heavy atom. The second kappa shape index (κ2) is 19.3. The molecule has 0 heterocycles. The van der Waals surface area contributed by atoms with Gasteiger partial charge in [0.15, 0.2) is 0 Å². The van der Waals surface area contributed by atoms with Gasteiger partial charge in [0.1, 0.15) is 0 Å². The molecule has 0 aliphatic heterocycles. The van der Waals surface area contributed by atoms with Gasteiger partial charge in [-0.1, -0.05) is 83.5 Å². The largest absolute Gasteiger partial charge is 0.481 e. The molecule has 0 atom stereocenters. The number of carbonyl (C=O) groups is 2. The van der Waals surface area contributed by atoms with Crippen molar-refractivity contribution in [2.24, 2.45) is 0 Å². The van der Waals surface area contributed by atoms with E-state index in [1.165, 1.54) is 77.0 Å². The van der Waals surface area contributed by atoms with Crippen molar-refractivity contribution in [3.8, 4) is 0 Å². The third kappa shape index (κ3) is 20.9. The Labute approximate surface area is 155 Å². The van der Waals surface area contributed by atoms with E-state index in [0.29, 0.717) is 12.8 Å². The van der Waals surface area contributed by atoms with Crippen LogP contribution in [0.1, 0.15) is 116 Å². The van der Waals surface area contributed by atoms with E-state index in [-0.39, 0.29) is 5.91 Å². The van der Waals surface area contributed by atoms with E-state index in [4.69, 9.17) is 5.11 Å². The maximum absolute atomic E-state index is 11.3. The van der Waals surface area contributed by atoms with Crippen molar-refractivity contribution in [2.45, 2.75) is 116 Å². The minimum Gasteiger partial charge on any atom is -0.481 e. The number of rotatable bonds is 19. The van der Waals surface area contributed by atoms with Crippen LogP contribution in [0.3, 0.4) is 0 Å². The Bertz CT molecular complexity index is 318. The summed E-state index contributed by atoms with van der Waals surface area (Å²) in [5.74, 6) is -0.470. The normalized spacial score (nSPS) is 10.8. The van der Waals surface area contributed by atoms with Crippen molar-refractivity contribution in [2.75, 3.05) is 6.54 Å². The quantitative estimate of drug-likeness (QED) is 0.286. The number of aliphatic carboxylic acids is 1. The van der Waals surface area contributed by atoms with Crippen LogP contribution in [-0.4, -0.2) is 23.5 Å². The predicted octanol–water partition coefficient (Wildman–Crippen LogP) is 5.84. The highest BCUT2D eigenvalue weighted by molar-refractivity contribution is 5.75. The molecule has 0 saturated heterocycles. The lowest BCUT2D eigenvalue weighted by Gasteiger charge is -2.04. The van der Waals surface area contributed by atoms with Crippen LogP contribution in [0.4, 0.5) is 0 Å².